The Morgan fingerprint density at radius 2 is 1.42 bits per heavy atom. The molecule has 0 heterocycles. The molecule has 0 fully saturated rings. The fourth-order valence-corrected chi connectivity index (χ4v) is 6.17. The van der Waals surface area contributed by atoms with Gasteiger partial charge in [-0.1, -0.05) is 80.6 Å². The zero-order chi connectivity index (χ0) is 16.8. The maximum absolute atomic E-state index is 6.89. The summed E-state index contributed by atoms with van der Waals surface area (Å²) in [6, 6.07) is 21.6. The summed E-state index contributed by atoms with van der Waals surface area (Å²) in [5, 5.41) is 2.73. The average Bonchev–Trinajstić information content (AvgIpc) is 2.64. The summed E-state index contributed by atoms with van der Waals surface area (Å²) < 4.78 is 6.89. The molecule has 1 unspecified atom stereocenters. The second-order valence-corrected chi connectivity index (χ2v) is 9.39. The first-order chi connectivity index (χ1) is 11.8. The SMILES string of the molecule is CC(C)C(O[SiH](c1ccccc1)c1ccccc1)C1=CCCCC1. The van der Waals surface area contributed by atoms with Crippen LogP contribution in [-0.4, -0.2) is 15.1 Å². The molecule has 1 aliphatic carbocycles. The van der Waals surface area contributed by atoms with E-state index in [-0.39, 0.29) is 6.10 Å². The lowest BCUT2D eigenvalue weighted by Crippen LogP contribution is -2.48. The average molecular weight is 337 g/mol. The highest BCUT2D eigenvalue weighted by Crippen LogP contribution is 2.26. The van der Waals surface area contributed by atoms with Crippen LogP contribution in [0, 0.1) is 5.92 Å². The normalized spacial score (nSPS) is 16.2. The molecule has 24 heavy (non-hydrogen) atoms. The Morgan fingerprint density at radius 3 is 1.88 bits per heavy atom. The zero-order valence-corrected chi connectivity index (χ0v) is 16.0. The summed E-state index contributed by atoms with van der Waals surface area (Å²) in [5.74, 6) is 0.511. The van der Waals surface area contributed by atoms with E-state index in [2.05, 4.69) is 80.6 Å². The van der Waals surface area contributed by atoms with Crippen molar-refractivity contribution < 1.29 is 4.43 Å². The highest BCUT2D eigenvalue weighted by Gasteiger charge is 2.27. The first-order valence-corrected chi connectivity index (χ1v) is 10.8. The van der Waals surface area contributed by atoms with E-state index >= 15 is 0 Å². The van der Waals surface area contributed by atoms with Gasteiger partial charge < -0.3 is 4.43 Å². The van der Waals surface area contributed by atoms with E-state index in [9.17, 15) is 0 Å². The minimum Gasteiger partial charge on any atom is -0.404 e. The van der Waals surface area contributed by atoms with Crippen LogP contribution in [0.15, 0.2) is 72.3 Å². The van der Waals surface area contributed by atoms with Crippen molar-refractivity contribution >= 4 is 19.4 Å². The topological polar surface area (TPSA) is 9.23 Å². The summed E-state index contributed by atoms with van der Waals surface area (Å²) in [4.78, 5) is 0. The van der Waals surface area contributed by atoms with Crippen LogP contribution >= 0.6 is 0 Å². The molecule has 1 aliphatic rings. The largest absolute Gasteiger partial charge is 0.404 e. The van der Waals surface area contributed by atoms with Gasteiger partial charge in [-0.25, -0.2) is 0 Å². The lowest BCUT2D eigenvalue weighted by molar-refractivity contribution is 0.186. The van der Waals surface area contributed by atoms with E-state index in [1.54, 1.807) is 0 Å². The molecule has 0 aromatic heterocycles. The van der Waals surface area contributed by atoms with Crippen LogP contribution in [0.2, 0.25) is 0 Å². The Labute approximate surface area is 148 Å². The van der Waals surface area contributed by atoms with Gasteiger partial charge in [-0.3, -0.25) is 0 Å². The number of allylic oxidation sites excluding steroid dienone is 1. The third-order valence-electron chi connectivity index (χ3n) is 4.78. The summed E-state index contributed by atoms with van der Waals surface area (Å²) in [6.07, 6.45) is 7.74. The van der Waals surface area contributed by atoms with Gasteiger partial charge in [-0.15, -0.1) is 0 Å². The molecule has 3 rings (SSSR count). The summed E-state index contributed by atoms with van der Waals surface area (Å²) in [7, 11) is -1.68. The predicted octanol–water partition coefficient (Wildman–Crippen LogP) is 4.07. The van der Waals surface area contributed by atoms with Crippen molar-refractivity contribution in [3.05, 3.63) is 72.3 Å². The van der Waals surface area contributed by atoms with Gasteiger partial charge in [0.25, 0.3) is 0 Å². The van der Waals surface area contributed by atoms with E-state index in [4.69, 9.17) is 4.43 Å². The summed E-state index contributed by atoms with van der Waals surface area (Å²) >= 11 is 0. The maximum atomic E-state index is 6.89. The minimum atomic E-state index is -1.68. The fraction of sp³-hybridized carbons (Fsp3) is 0.364. The van der Waals surface area contributed by atoms with Gasteiger partial charge in [0.15, 0.2) is 0 Å². The van der Waals surface area contributed by atoms with Crippen molar-refractivity contribution in [1.82, 2.24) is 0 Å². The van der Waals surface area contributed by atoms with E-state index in [1.165, 1.54) is 41.6 Å². The van der Waals surface area contributed by atoms with Crippen LogP contribution in [0.25, 0.3) is 0 Å². The minimum absolute atomic E-state index is 0.252. The molecule has 2 aromatic carbocycles. The predicted molar refractivity (Wildman–Crippen MR) is 106 cm³/mol. The smallest absolute Gasteiger partial charge is 0.240 e. The molecule has 0 saturated heterocycles. The second kappa shape index (κ2) is 8.45. The lowest BCUT2D eigenvalue weighted by Gasteiger charge is -2.31. The first kappa shape index (κ1) is 17.2. The number of benzene rings is 2. The number of hydrogen-bond acceptors (Lipinski definition) is 1. The molecule has 126 valence electrons. The van der Waals surface area contributed by atoms with E-state index < -0.39 is 9.04 Å². The Bertz CT molecular complexity index is 609. The number of rotatable bonds is 6. The van der Waals surface area contributed by atoms with Crippen LogP contribution in [0.1, 0.15) is 39.5 Å². The van der Waals surface area contributed by atoms with Crippen LogP contribution in [0.5, 0.6) is 0 Å². The van der Waals surface area contributed by atoms with Crippen molar-refractivity contribution in [2.75, 3.05) is 0 Å². The Hall–Kier alpha value is -1.64. The van der Waals surface area contributed by atoms with Crippen molar-refractivity contribution in [1.29, 1.82) is 0 Å². The highest BCUT2D eigenvalue weighted by atomic mass is 28.3. The highest BCUT2D eigenvalue weighted by molar-refractivity contribution is 6.80. The number of hydrogen-bond donors (Lipinski definition) is 0. The van der Waals surface area contributed by atoms with E-state index in [0.29, 0.717) is 5.92 Å². The summed E-state index contributed by atoms with van der Waals surface area (Å²) in [6.45, 7) is 4.59. The Morgan fingerprint density at radius 1 is 0.833 bits per heavy atom. The molecule has 0 aliphatic heterocycles. The fourth-order valence-electron chi connectivity index (χ4n) is 3.55. The van der Waals surface area contributed by atoms with Crippen LogP contribution in [0.4, 0.5) is 0 Å². The van der Waals surface area contributed by atoms with Crippen molar-refractivity contribution in [2.45, 2.75) is 45.6 Å². The van der Waals surface area contributed by atoms with Crippen LogP contribution in [0.3, 0.4) is 0 Å². The molecule has 1 nitrogen and oxygen atoms in total. The molecule has 2 aromatic rings. The van der Waals surface area contributed by atoms with E-state index in [0.717, 1.165) is 0 Å². The molecular formula is C22H28OSi. The molecule has 0 saturated carbocycles. The van der Waals surface area contributed by atoms with Gasteiger partial charge >= 0.3 is 0 Å². The van der Waals surface area contributed by atoms with Gasteiger partial charge in [0.05, 0.1) is 6.10 Å². The van der Waals surface area contributed by atoms with Gasteiger partial charge in [0.1, 0.15) is 0 Å². The standard InChI is InChI=1S/C22H28OSi/c1-18(2)22(19-12-6-3-7-13-19)23-24(20-14-8-4-9-15-20)21-16-10-5-11-17-21/h4-5,8-12,14-18,22,24H,3,6-7,13H2,1-2H3. The summed E-state index contributed by atoms with van der Waals surface area (Å²) in [5.41, 5.74) is 1.53. The van der Waals surface area contributed by atoms with Gasteiger partial charge in [-0.05, 0) is 47.5 Å². The van der Waals surface area contributed by atoms with Crippen molar-refractivity contribution in [3.63, 3.8) is 0 Å². The Kier molecular flexibility index (Phi) is 6.05. The zero-order valence-electron chi connectivity index (χ0n) is 14.8. The maximum Gasteiger partial charge on any atom is 0.240 e. The van der Waals surface area contributed by atoms with Crippen LogP contribution in [-0.2, 0) is 4.43 Å². The second-order valence-electron chi connectivity index (χ2n) is 7.03. The monoisotopic (exact) mass is 336 g/mol. The molecule has 0 amide bonds. The quantitative estimate of drug-likeness (QED) is 0.571. The first-order valence-electron chi connectivity index (χ1n) is 9.20. The van der Waals surface area contributed by atoms with Gasteiger partial charge in [-0.2, -0.15) is 0 Å². The van der Waals surface area contributed by atoms with Crippen molar-refractivity contribution in [3.8, 4) is 0 Å². The third kappa shape index (κ3) is 4.25. The molecule has 0 bridgehead atoms. The van der Waals surface area contributed by atoms with Crippen LogP contribution < -0.4 is 10.4 Å². The molecule has 2 heteroatoms. The molecule has 0 spiro atoms. The third-order valence-corrected chi connectivity index (χ3v) is 7.33. The van der Waals surface area contributed by atoms with Gasteiger partial charge in [0, 0.05) is 0 Å². The Balaban J connectivity index is 1.91. The molecular weight excluding hydrogens is 308 g/mol. The molecule has 0 radical (unpaired) electrons. The van der Waals surface area contributed by atoms with Crippen molar-refractivity contribution in [2.24, 2.45) is 5.92 Å². The lowest BCUT2D eigenvalue weighted by atomic mass is 9.90. The van der Waals surface area contributed by atoms with E-state index in [1.807, 2.05) is 0 Å². The van der Waals surface area contributed by atoms with Gasteiger partial charge in [0.2, 0.25) is 9.04 Å². The molecule has 0 N–H and O–H groups in total. The molecule has 1 atom stereocenters.